The summed E-state index contributed by atoms with van der Waals surface area (Å²) in [5.74, 6) is 0. The van der Waals surface area contributed by atoms with E-state index < -0.39 is 0 Å². The summed E-state index contributed by atoms with van der Waals surface area (Å²) in [5.41, 5.74) is 1.44. The van der Waals surface area contributed by atoms with Crippen molar-refractivity contribution in [1.82, 2.24) is 0 Å². The van der Waals surface area contributed by atoms with Crippen molar-refractivity contribution in [1.29, 1.82) is 0 Å². The van der Waals surface area contributed by atoms with Crippen LogP contribution < -0.4 is 0 Å². The highest BCUT2D eigenvalue weighted by Crippen LogP contribution is 2.18. The first-order chi connectivity index (χ1) is 7.92. The van der Waals surface area contributed by atoms with Crippen molar-refractivity contribution in [2.45, 2.75) is 48.5 Å². The first-order valence-electron chi connectivity index (χ1n) is 6.38. The van der Waals surface area contributed by atoms with Gasteiger partial charge in [0.15, 0.2) is 0 Å². The van der Waals surface area contributed by atoms with Crippen molar-refractivity contribution in [2.75, 3.05) is 0 Å². The van der Waals surface area contributed by atoms with Crippen LogP contribution in [0.1, 0.15) is 47.6 Å². The lowest BCUT2D eigenvalue weighted by Crippen LogP contribution is -1.81. The SMILES string of the molecule is C.CC.CC.CCc1cccc2ccccc12. The van der Waals surface area contributed by atoms with E-state index in [9.17, 15) is 0 Å². The van der Waals surface area contributed by atoms with Crippen LogP contribution in [0.3, 0.4) is 0 Å². The topological polar surface area (TPSA) is 0 Å². The van der Waals surface area contributed by atoms with E-state index in [0.29, 0.717) is 0 Å². The van der Waals surface area contributed by atoms with Gasteiger partial charge in [0.1, 0.15) is 0 Å². The van der Waals surface area contributed by atoms with Crippen molar-refractivity contribution in [2.24, 2.45) is 0 Å². The molecule has 0 aliphatic carbocycles. The van der Waals surface area contributed by atoms with Gasteiger partial charge in [-0.2, -0.15) is 0 Å². The van der Waals surface area contributed by atoms with Gasteiger partial charge in [0.25, 0.3) is 0 Å². The van der Waals surface area contributed by atoms with Crippen LogP contribution in [0.5, 0.6) is 0 Å². The van der Waals surface area contributed by atoms with E-state index in [1.165, 1.54) is 16.3 Å². The average Bonchev–Trinajstić information content (AvgIpc) is 2.42. The number of hydrogen-bond acceptors (Lipinski definition) is 0. The third-order valence-electron chi connectivity index (χ3n) is 2.26. The number of benzene rings is 2. The summed E-state index contributed by atoms with van der Waals surface area (Å²) in [6, 6.07) is 15.0. The largest absolute Gasteiger partial charge is 0.0776 e. The van der Waals surface area contributed by atoms with Crippen molar-refractivity contribution in [3.63, 3.8) is 0 Å². The maximum atomic E-state index is 2.20. The third-order valence-corrected chi connectivity index (χ3v) is 2.26. The molecule has 0 spiro atoms. The monoisotopic (exact) mass is 232 g/mol. The predicted molar refractivity (Wildman–Crippen MR) is 82.8 cm³/mol. The van der Waals surface area contributed by atoms with E-state index in [2.05, 4.69) is 49.4 Å². The maximum Gasteiger partial charge on any atom is -0.0152 e. The van der Waals surface area contributed by atoms with Crippen LogP contribution in [0.25, 0.3) is 10.8 Å². The minimum atomic E-state index is 0. The molecule has 0 heterocycles. The van der Waals surface area contributed by atoms with Gasteiger partial charge in [0.2, 0.25) is 0 Å². The Balaban J connectivity index is 0. The zero-order valence-corrected chi connectivity index (χ0v) is 11.2. The van der Waals surface area contributed by atoms with Crippen LogP contribution in [0.15, 0.2) is 42.5 Å². The van der Waals surface area contributed by atoms with Crippen LogP contribution in [0.2, 0.25) is 0 Å². The van der Waals surface area contributed by atoms with Gasteiger partial charge >= 0.3 is 0 Å². The summed E-state index contributed by atoms with van der Waals surface area (Å²) in [4.78, 5) is 0. The highest BCUT2D eigenvalue weighted by Gasteiger charge is 1.95. The summed E-state index contributed by atoms with van der Waals surface area (Å²) in [6.07, 6.45) is 1.11. The highest BCUT2D eigenvalue weighted by molar-refractivity contribution is 5.85. The van der Waals surface area contributed by atoms with Gasteiger partial charge in [-0.05, 0) is 22.8 Å². The van der Waals surface area contributed by atoms with Gasteiger partial charge in [0, 0.05) is 0 Å². The molecule has 2 aromatic rings. The molecule has 2 aromatic carbocycles. The molecule has 0 atom stereocenters. The first-order valence-corrected chi connectivity index (χ1v) is 6.38. The predicted octanol–water partition coefficient (Wildman–Crippen LogP) is 6.09. The van der Waals surface area contributed by atoms with Crippen LogP contribution in [0.4, 0.5) is 0 Å². The van der Waals surface area contributed by atoms with Gasteiger partial charge in [0.05, 0.1) is 0 Å². The standard InChI is InChI=1S/C12H12.2C2H6.CH4/c1-2-10-7-5-8-11-6-3-4-9-12(10)11;2*1-2;/h3-9H,2H2,1H3;2*1-2H3;1H4. The third kappa shape index (κ3) is 5.04. The molecule has 0 amide bonds. The Morgan fingerprint density at radius 3 is 1.88 bits per heavy atom. The highest BCUT2D eigenvalue weighted by atomic mass is 14.0. The lowest BCUT2D eigenvalue weighted by molar-refractivity contribution is 1.16. The number of hydrogen-bond donors (Lipinski definition) is 0. The van der Waals surface area contributed by atoms with Gasteiger partial charge in [-0.3, -0.25) is 0 Å². The second-order valence-corrected chi connectivity index (χ2v) is 2.99. The molecule has 0 saturated heterocycles. The quantitative estimate of drug-likeness (QED) is 0.558. The number of rotatable bonds is 1. The lowest BCUT2D eigenvalue weighted by atomic mass is 10.0. The molecule has 0 heteroatoms. The maximum absolute atomic E-state index is 2.20. The van der Waals surface area contributed by atoms with E-state index in [1.807, 2.05) is 27.7 Å². The molecule has 0 nitrogen and oxygen atoms in total. The molecule has 0 radical (unpaired) electrons. The van der Waals surface area contributed by atoms with Crippen molar-refractivity contribution >= 4 is 10.8 Å². The van der Waals surface area contributed by atoms with E-state index >= 15 is 0 Å². The number of aryl methyl sites for hydroxylation is 1. The minimum absolute atomic E-state index is 0. The second kappa shape index (κ2) is 11.2. The Morgan fingerprint density at radius 1 is 0.765 bits per heavy atom. The van der Waals surface area contributed by atoms with Gasteiger partial charge in [-0.25, -0.2) is 0 Å². The van der Waals surface area contributed by atoms with Crippen LogP contribution in [-0.4, -0.2) is 0 Å². The smallest absolute Gasteiger partial charge is 0.0152 e. The molecular weight excluding hydrogens is 204 g/mol. The van der Waals surface area contributed by atoms with Gasteiger partial charge < -0.3 is 0 Å². The van der Waals surface area contributed by atoms with E-state index in [0.717, 1.165) is 6.42 Å². The second-order valence-electron chi connectivity index (χ2n) is 2.99. The fourth-order valence-electron chi connectivity index (χ4n) is 1.60. The fourth-order valence-corrected chi connectivity index (χ4v) is 1.60. The summed E-state index contributed by atoms with van der Waals surface area (Å²) < 4.78 is 0. The summed E-state index contributed by atoms with van der Waals surface area (Å²) in [5, 5.41) is 2.74. The lowest BCUT2D eigenvalue weighted by Gasteiger charge is -2.02. The molecule has 0 bridgehead atoms. The van der Waals surface area contributed by atoms with Crippen LogP contribution >= 0.6 is 0 Å². The van der Waals surface area contributed by atoms with E-state index in [-0.39, 0.29) is 7.43 Å². The van der Waals surface area contributed by atoms with Crippen LogP contribution in [0, 0.1) is 0 Å². The van der Waals surface area contributed by atoms with Crippen molar-refractivity contribution < 1.29 is 0 Å². The zero-order chi connectivity index (χ0) is 12.4. The van der Waals surface area contributed by atoms with Crippen molar-refractivity contribution in [3.05, 3.63) is 48.0 Å². The first kappa shape index (κ1) is 18.1. The molecule has 17 heavy (non-hydrogen) atoms. The minimum Gasteiger partial charge on any atom is -0.0776 e. The molecule has 0 N–H and O–H groups in total. The molecule has 0 aliphatic heterocycles. The Morgan fingerprint density at radius 2 is 1.29 bits per heavy atom. The Bertz CT molecular complexity index is 383. The normalized spacial score (nSPS) is 8.06. The molecular formula is C17H28. The Hall–Kier alpha value is -1.30. The average molecular weight is 232 g/mol. The molecule has 0 aromatic heterocycles. The van der Waals surface area contributed by atoms with Crippen LogP contribution in [-0.2, 0) is 6.42 Å². The van der Waals surface area contributed by atoms with Gasteiger partial charge in [-0.15, -0.1) is 0 Å². The molecule has 0 fully saturated rings. The summed E-state index contributed by atoms with van der Waals surface area (Å²) in [7, 11) is 0. The fraction of sp³-hybridized carbons (Fsp3) is 0.412. The van der Waals surface area contributed by atoms with E-state index in [4.69, 9.17) is 0 Å². The summed E-state index contributed by atoms with van der Waals surface area (Å²) in [6.45, 7) is 10.2. The van der Waals surface area contributed by atoms with E-state index in [1.54, 1.807) is 0 Å². The van der Waals surface area contributed by atoms with Crippen molar-refractivity contribution in [3.8, 4) is 0 Å². The summed E-state index contributed by atoms with van der Waals surface area (Å²) >= 11 is 0. The zero-order valence-electron chi connectivity index (χ0n) is 11.2. The Kier molecular flexibility index (Phi) is 11.9. The Labute approximate surface area is 108 Å². The molecule has 0 unspecified atom stereocenters. The molecule has 0 saturated carbocycles. The molecule has 0 aliphatic rings. The molecule has 96 valence electrons. The van der Waals surface area contributed by atoms with Gasteiger partial charge in [-0.1, -0.05) is 84.5 Å². The number of fused-ring (bicyclic) bond motifs is 1. The molecule has 2 rings (SSSR count).